The molecule has 1 aromatic carbocycles. The molecule has 2 aliphatic heterocycles. The van der Waals surface area contributed by atoms with Crippen LogP contribution in [0.1, 0.15) is 54.4 Å². The second-order valence-corrected chi connectivity index (χ2v) is 14.0. The first-order valence-electron chi connectivity index (χ1n) is 14.4. The summed E-state index contributed by atoms with van der Waals surface area (Å²) in [5.41, 5.74) is 9.55. The highest BCUT2D eigenvalue weighted by Gasteiger charge is 2.51. The van der Waals surface area contributed by atoms with Crippen LogP contribution in [-0.4, -0.2) is 84.2 Å². The molecule has 0 bridgehead atoms. The molecule has 2 aliphatic carbocycles. The van der Waals surface area contributed by atoms with Gasteiger partial charge in [-0.2, -0.15) is 0 Å². The summed E-state index contributed by atoms with van der Waals surface area (Å²) in [5, 5.41) is 12.8. The van der Waals surface area contributed by atoms with Gasteiger partial charge in [0.15, 0.2) is 0 Å². The van der Waals surface area contributed by atoms with Gasteiger partial charge in [-0.05, 0) is 55.7 Å². The molecule has 9 nitrogen and oxygen atoms in total. The van der Waals surface area contributed by atoms with Crippen LogP contribution in [0.25, 0.3) is 11.1 Å². The Bertz CT molecular complexity index is 1400. The van der Waals surface area contributed by atoms with Gasteiger partial charge >= 0.3 is 0 Å². The van der Waals surface area contributed by atoms with Crippen molar-refractivity contribution in [2.24, 2.45) is 5.92 Å². The van der Waals surface area contributed by atoms with Crippen LogP contribution in [0.5, 0.6) is 0 Å². The van der Waals surface area contributed by atoms with Crippen molar-refractivity contribution in [2.45, 2.75) is 62.1 Å². The number of nitrogens with zero attached hydrogens (tertiary/aromatic N) is 3. The van der Waals surface area contributed by atoms with Crippen molar-refractivity contribution in [2.75, 3.05) is 38.2 Å². The van der Waals surface area contributed by atoms with Crippen LogP contribution < -0.4 is 11.1 Å². The van der Waals surface area contributed by atoms with Gasteiger partial charge in [-0.1, -0.05) is 36.4 Å². The number of fused-ring (bicyclic) bond motifs is 1. The van der Waals surface area contributed by atoms with Crippen molar-refractivity contribution in [3.63, 3.8) is 0 Å². The third-order valence-corrected chi connectivity index (χ3v) is 10.8. The summed E-state index contributed by atoms with van der Waals surface area (Å²) < 4.78 is 25.4. The third kappa shape index (κ3) is 5.18. The molecule has 2 saturated heterocycles. The zero-order chi connectivity index (χ0) is 28.1. The molecule has 3 fully saturated rings. The molecular weight excluding hydrogens is 526 g/mol. The Kier molecular flexibility index (Phi) is 7.23. The predicted octanol–water partition coefficient (Wildman–Crippen LogP) is 2.53. The summed E-state index contributed by atoms with van der Waals surface area (Å²) >= 11 is 0. The summed E-state index contributed by atoms with van der Waals surface area (Å²) in [5.74, 6) is 0.448. The smallest absolute Gasteiger partial charge is 0.255 e. The lowest BCUT2D eigenvalue weighted by Crippen LogP contribution is -2.46. The molecule has 10 heteroatoms. The largest absolute Gasteiger partial charge is 0.393 e. The zero-order valence-corrected chi connectivity index (χ0v) is 23.8. The van der Waals surface area contributed by atoms with Crippen molar-refractivity contribution < 1.29 is 18.3 Å². The Morgan fingerprint density at radius 3 is 2.40 bits per heavy atom. The van der Waals surface area contributed by atoms with E-state index in [0.29, 0.717) is 43.5 Å². The van der Waals surface area contributed by atoms with E-state index in [1.54, 1.807) is 10.5 Å². The monoisotopic (exact) mass is 565 g/mol. The number of amides is 1. The molecule has 4 aliphatic rings. The first kappa shape index (κ1) is 27.4. The number of nitrogens with one attached hydrogen (secondary N) is 1. The van der Waals surface area contributed by atoms with Gasteiger partial charge in [-0.25, -0.2) is 17.7 Å². The van der Waals surface area contributed by atoms with Gasteiger partial charge in [0.2, 0.25) is 10.0 Å². The Morgan fingerprint density at radius 1 is 1.07 bits per heavy atom. The summed E-state index contributed by atoms with van der Waals surface area (Å²) in [6.07, 6.45) is 12.0. The van der Waals surface area contributed by atoms with Crippen molar-refractivity contribution in [3.05, 3.63) is 59.8 Å². The number of nitrogen functional groups attached to an aromatic ring is 1. The first-order chi connectivity index (χ1) is 19.1. The van der Waals surface area contributed by atoms with Crippen LogP contribution in [0.2, 0.25) is 0 Å². The first-order valence-corrected chi connectivity index (χ1v) is 16.2. The number of aliphatic hydroxyl groups is 1. The SMILES string of the molecule is CS(=O)(=O)N1CCC(N2C[C@H]3C=C[C@@]3(c3ccc(-c4cnc(N)c(C(=O)NC5CCC(O)CC5)c4)cc3)C2)CC1. The van der Waals surface area contributed by atoms with Gasteiger partial charge in [-0.3, -0.25) is 9.69 Å². The summed E-state index contributed by atoms with van der Waals surface area (Å²) in [6, 6.07) is 10.8. The molecule has 6 rings (SSSR count). The highest BCUT2D eigenvalue weighted by molar-refractivity contribution is 7.88. The number of hydrogen-bond acceptors (Lipinski definition) is 7. The van der Waals surface area contributed by atoms with Crippen LogP contribution in [0, 0.1) is 5.92 Å². The molecule has 4 N–H and O–H groups in total. The minimum absolute atomic E-state index is 0.00944. The molecule has 1 amide bonds. The lowest BCUT2D eigenvalue weighted by molar-refractivity contribution is 0.0868. The lowest BCUT2D eigenvalue weighted by atomic mass is 9.65. The molecular formula is C30H39N5O4S. The van der Waals surface area contributed by atoms with Gasteiger partial charge in [0, 0.05) is 61.4 Å². The number of rotatable bonds is 6. The predicted molar refractivity (Wildman–Crippen MR) is 155 cm³/mol. The maximum Gasteiger partial charge on any atom is 0.255 e. The van der Waals surface area contributed by atoms with Crippen LogP contribution in [-0.2, 0) is 15.4 Å². The van der Waals surface area contributed by atoms with Gasteiger partial charge in [0.25, 0.3) is 5.91 Å². The van der Waals surface area contributed by atoms with Crippen molar-refractivity contribution in [3.8, 4) is 11.1 Å². The molecule has 40 heavy (non-hydrogen) atoms. The average molecular weight is 566 g/mol. The number of benzene rings is 1. The zero-order valence-electron chi connectivity index (χ0n) is 23.0. The quantitative estimate of drug-likeness (QED) is 0.459. The van der Waals surface area contributed by atoms with E-state index in [1.165, 1.54) is 11.8 Å². The highest BCUT2D eigenvalue weighted by Crippen LogP contribution is 2.49. The van der Waals surface area contributed by atoms with E-state index < -0.39 is 10.0 Å². The van der Waals surface area contributed by atoms with Crippen LogP contribution in [0.15, 0.2) is 48.7 Å². The number of sulfonamides is 1. The van der Waals surface area contributed by atoms with Crippen molar-refractivity contribution in [1.82, 2.24) is 19.5 Å². The van der Waals surface area contributed by atoms with Gasteiger partial charge in [-0.15, -0.1) is 0 Å². The van der Waals surface area contributed by atoms with E-state index in [-0.39, 0.29) is 29.3 Å². The molecule has 1 saturated carbocycles. The number of nitrogens with two attached hydrogens (primary N) is 1. The minimum atomic E-state index is -3.12. The second-order valence-electron chi connectivity index (χ2n) is 12.0. The fourth-order valence-corrected chi connectivity index (χ4v) is 7.88. The lowest BCUT2D eigenvalue weighted by Gasteiger charge is -2.39. The molecule has 0 spiro atoms. The third-order valence-electron chi connectivity index (χ3n) is 9.54. The van der Waals surface area contributed by atoms with Gasteiger partial charge in [0.1, 0.15) is 5.82 Å². The number of anilines is 1. The molecule has 2 aromatic rings. The second kappa shape index (κ2) is 10.6. The Balaban J connectivity index is 1.13. The molecule has 2 atom stereocenters. The number of pyridine rings is 1. The van der Waals surface area contributed by atoms with Crippen LogP contribution >= 0.6 is 0 Å². The Labute approximate surface area is 236 Å². The number of hydrogen-bond donors (Lipinski definition) is 3. The average Bonchev–Trinajstić information content (AvgIpc) is 3.20. The number of carbonyl (C=O) groups excluding carboxylic acids is 1. The number of aliphatic hydroxyl groups excluding tert-OH is 1. The summed E-state index contributed by atoms with van der Waals surface area (Å²) in [4.78, 5) is 19.9. The van der Waals surface area contributed by atoms with Gasteiger partial charge < -0.3 is 16.2 Å². The standard InChI is InChI=1S/C30H39N5O4S/c1-40(38,39)35-14-11-25(12-15-35)34-18-23-10-13-30(23,19-34)22-4-2-20(3-5-22)21-16-27(28(31)32-17-21)29(37)33-24-6-8-26(36)9-7-24/h2-5,10,13,16-17,23-26,36H,6-9,11-12,14-15,18-19H2,1H3,(H2,31,32)(H,33,37)/t23-,24?,26?,30+/m1/s1. The van der Waals surface area contributed by atoms with E-state index in [0.717, 1.165) is 49.9 Å². The number of aromatic nitrogens is 1. The fourth-order valence-electron chi connectivity index (χ4n) is 7.00. The van der Waals surface area contributed by atoms with Crippen molar-refractivity contribution in [1.29, 1.82) is 0 Å². The summed E-state index contributed by atoms with van der Waals surface area (Å²) in [7, 11) is -3.12. The fraction of sp³-hybridized carbons (Fsp3) is 0.533. The number of likely N-dealkylation sites (tertiary alicyclic amines) is 1. The maximum absolute atomic E-state index is 13.0. The van der Waals surface area contributed by atoms with E-state index >= 15 is 0 Å². The highest BCUT2D eigenvalue weighted by atomic mass is 32.2. The van der Waals surface area contributed by atoms with Crippen LogP contribution in [0.4, 0.5) is 5.82 Å². The maximum atomic E-state index is 13.0. The normalized spacial score (nSPS) is 29.6. The van der Waals surface area contributed by atoms with E-state index in [2.05, 4.69) is 51.6 Å². The van der Waals surface area contributed by atoms with Crippen LogP contribution in [0.3, 0.4) is 0 Å². The number of carbonyl (C=O) groups is 1. The Morgan fingerprint density at radius 2 is 1.77 bits per heavy atom. The molecule has 214 valence electrons. The summed E-state index contributed by atoms with van der Waals surface area (Å²) in [6.45, 7) is 3.14. The van der Waals surface area contributed by atoms with Gasteiger partial charge in [0.05, 0.1) is 17.9 Å². The topological polar surface area (TPSA) is 129 Å². The molecule has 1 aromatic heterocycles. The Hall–Kier alpha value is -2.79. The number of piperidine rings is 1. The van der Waals surface area contributed by atoms with Crippen molar-refractivity contribution >= 4 is 21.7 Å². The van der Waals surface area contributed by atoms with E-state index in [1.807, 2.05) is 6.07 Å². The molecule has 0 radical (unpaired) electrons. The van der Waals surface area contributed by atoms with E-state index in [4.69, 9.17) is 5.73 Å². The minimum Gasteiger partial charge on any atom is -0.393 e. The molecule has 0 unspecified atom stereocenters. The van der Waals surface area contributed by atoms with E-state index in [9.17, 15) is 18.3 Å². The molecule has 3 heterocycles.